The Labute approximate surface area is 96.9 Å². The molecule has 4 heteroatoms. The van der Waals surface area contributed by atoms with E-state index in [1.165, 1.54) is 0 Å². The molecule has 0 saturated carbocycles. The molecule has 16 heavy (non-hydrogen) atoms. The summed E-state index contributed by atoms with van der Waals surface area (Å²) in [6.07, 6.45) is 7.24. The molecule has 0 amide bonds. The maximum Gasteiger partial charge on any atom is 0.103 e. The van der Waals surface area contributed by atoms with Crippen molar-refractivity contribution in [1.82, 2.24) is 4.98 Å². The number of hydrogen-bond donors (Lipinski definition) is 0. The first-order valence-electron chi connectivity index (χ1n) is 5.04. The Balaban J connectivity index is 2.83. The Bertz CT molecular complexity index is 585. The van der Waals surface area contributed by atoms with Gasteiger partial charge in [-0.2, -0.15) is 0 Å². The number of hydrogen-bond acceptors (Lipinski definition) is 3. The van der Waals surface area contributed by atoms with Crippen LogP contribution in [0.3, 0.4) is 0 Å². The van der Waals surface area contributed by atoms with Crippen molar-refractivity contribution in [2.75, 3.05) is 0 Å². The summed E-state index contributed by atoms with van der Waals surface area (Å²) in [6.45, 7) is 7.88. The molecule has 3 nitrogen and oxygen atoms in total. The minimum atomic E-state index is -0.315. The molecule has 0 aromatic carbocycles. The maximum atomic E-state index is 4.59. The summed E-state index contributed by atoms with van der Waals surface area (Å²) in [6, 6.07) is 0. The zero-order chi connectivity index (χ0) is 11.8. The lowest BCUT2D eigenvalue weighted by atomic mass is 10.1. The SMILES string of the molecule is C=C(C)c1cncc2c1=NC=CC(C)(P)N=2. The summed E-state index contributed by atoms with van der Waals surface area (Å²) in [5, 5.41) is 1.34. The molecule has 0 bridgehead atoms. The van der Waals surface area contributed by atoms with Crippen LogP contribution in [0, 0.1) is 0 Å². The fourth-order valence-electron chi connectivity index (χ4n) is 1.53. The summed E-state index contributed by atoms with van der Waals surface area (Å²) in [4.78, 5) is 13.2. The van der Waals surface area contributed by atoms with Gasteiger partial charge in [0.25, 0.3) is 0 Å². The zero-order valence-electron chi connectivity index (χ0n) is 9.44. The molecular formula is C12H14N3P. The lowest BCUT2D eigenvalue weighted by molar-refractivity contribution is 0.814. The highest BCUT2D eigenvalue weighted by Gasteiger charge is 2.13. The minimum absolute atomic E-state index is 0.315. The smallest absolute Gasteiger partial charge is 0.103 e. The third kappa shape index (κ3) is 2.10. The van der Waals surface area contributed by atoms with Crippen molar-refractivity contribution in [3.8, 4) is 0 Å². The van der Waals surface area contributed by atoms with Gasteiger partial charge in [0, 0.05) is 18.0 Å². The standard InChI is InChI=1S/C12H14N3P/c1-8(2)9-6-13-7-10-11(9)14-5-4-12(3,16)15-10/h4-7H,1,16H2,2-3H3. The van der Waals surface area contributed by atoms with Crippen LogP contribution in [0.4, 0.5) is 0 Å². The van der Waals surface area contributed by atoms with Crippen LogP contribution in [-0.2, 0) is 0 Å². The van der Waals surface area contributed by atoms with Crippen LogP contribution in [0.1, 0.15) is 19.4 Å². The van der Waals surface area contributed by atoms with Gasteiger partial charge in [-0.1, -0.05) is 6.58 Å². The van der Waals surface area contributed by atoms with Gasteiger partial charge in [0.05, 0.1) is 16.8 Å². The number of aromatic nitrogens is 1. The summed E-state index contributed by atoms with van der Waals surface area (Å²) >= 11 is 0. The molecule has 0 radical (unpaired) electrons. The molecule has 1 aliphatic heterocycles. The van der Waals surface area contributed by atoms with Gasteiger partial charge < -0.3 is 0 Å². The largest absolute Gasteiger partial charge is 0.267 e. The lowest BCUT2D eigenvalue weighted by Crippen LogP contribution is -2.31. The second kappa shape index (κ2) is 3.91. The maximum absolute atomic E-state index is 4.59. The van der Waals surface area contributed by atoms with Gasteiger partial charge in [0.2, 0.25) is 0 Å². The van der Waals surface area contributed by atoms with E-state index in [9.17, 15) is 0 Å². The zero-order valence-corrected chi connectivity index (χ0v) is 10.6. The molecule has 1 aliphatic rings. The Morgan fingerprint density at radius 2 is 2.19 bits per heavy atom. The third-order valence-electron chi connectivity index (χ3n) is 2.33. The molecule has 2 unspecified atom stereocenters. The number of allylic oxidation sites excluding steroid dienone is 1. The van der Waals surface area contributed by atoms with Crippen LogP contribution in [0.2, 0.25) is 0 Å². The van der Waals surface area contributed by atoms with Crippen LogP contribution < -0.4 is 10.7 Å². The van der Waals surface area contributed by atoms with Crippen molar-refractivity contribution in [3.05, 3.63) is 47.5 Å². The quantitative estimate of drug-likeness (QED) is 0.674. The monoisotopic (exact) mass is 231 g/mol. The van der Waals surface area contributed by atoms with E-state index < -0.39 is 0 Å². The van der Waals surface area contributed by atoms with Crippen molar-refractivity contribution in [2.24, 2.45) is 9.98 Å². The van der Waals surface area contributed by atoms with Crippen molar-refractivity contribution >= 4 is 14.8 Å². The van der Waals surface area contributed by atoms with E-state index in [2.05, 4.69) is 30.8 Å². The summed E-state index contributed by atoms with van der Waals surface area (Å²) in [7, 11) is 2.70. The molecule has 0 aliphatic carbocycles. The molecule has 2 heterocycles. The van der Waals surface area contributed by atoms with Gasteiger partial charge in [-0.25, -0.2) is 0 Å². The first-order valence-corrected chi connectivity index (χ1v) is 5.61. The highest BCUT2D eigenvalue weighted by Crippen LogP contribution is 2.20. The van der Waals surface area contributed by atoms with E-state index in [1.807, 2.05) is 19.9 Å². The molecule has 1 aromatic rings. The Morgan fingerprint density at radius 1 is 1.44 bits per heavy atom. The van der Waals surface area contributed by atoms with E-state index in [0.29, 0.717) is 0 Å². The Morgan fingerprint density at radius 3 is 2.88 bits per heavy atom. The average Bonchev–Trinajstić information content (AvgIpc) is 2.33. The number of nitrogens with zero attached hydrogens (tertiary/aromatic N) is 3. The van der Waals surface area contributed by atoms with E-state index in [1.54, 1.807) is 18.6 Å². The topological polar surface area (TPSA) is 37.6 Å². The van der Waals surface area contributed by atoms with Gasteiger partial charge in [-0.15, -0.1) is 9.24 Å². The van der Waals surface area contributed by atoms with Crippen molar-refractivity contribution in [2.45, 2.75) is 19.1 Å². The van der Waals surface area contributed by atoms with Gasteiger partial charge in [0.1, 0.15) is 5.36 Å². The van der Waals surface area contributed by atoms with Crippen LogP contribution in [0.5, 0.6) is 0 Å². The van der Waals surface area contributed by atoms with Gasteiger partial charge in [-0.3, -0.25) is 15.0 Å². The molecule has 0 N–H and O–H groups in total. The predicted molar refractivity (Wildman–Crippen MR) is 68.5 cm³/mol. The van der Waals surface area contributed by atoms with E-state index in [0.717, 1.165) is 21.9 Å². The minimum Gasteiger partial charge on any atom is -0.267 e. The van der Waals surface area contributed by atoms with Crippen LogP contribution in [0.25, 0.3) is 5.57 Å². The number of fused-ring (bicyclic) bond motifs is 1. The third-order valence-corrected chi connectivity index (χ3v) is 2.66. The summed E-state index contributed by atoms with van der Waals surface area (Å²) in [5.41, 5.74) is 1.90. The second-order valence-corrected chi connectivity index (χ2v) is 5.29. The Kier molecular flexibility index (Phi) is 2.73. The molecule has 1 aromatic heterocycles. The molecule has 0 fully saturated rings. The molecule has 0 saturated heterocycles. The van der Waals surface area contributed by atoms with E-state index in [-0.39, 0.29) is 5.28 Å². The van der Waals surface area contributed by atoms with Gasteiger partial charge >= 0.3 is 0 Å². The first-order chi connectivity index (χ1) is 7.49. The fraction of sp³-hybridized carbons (Fsp3) is 0.250. The van der Waals surface area contributed by atoms with Crippen LogP contribution in [-0.4, -0.2) is 10.3 Å². The fourth-order valence-corrected chi connectivity index (χ4v) is 1.76. The molecular weight excluding hydrogens is 217 g/mol. The molecule has 2 atom stereocenters. The first kappa shape index (κ1) is 11.2. The highest BCUT2D eigenvalue weighted by atomic mass is 31.0. The van der Waals surface area contributed by atoms with E-state index in [4.69, 9.17) is 0 Å². The van der Waals surface area contributed by atoms with Gasteiger partial charge in [0.15, 0.2) is 0 Å². The molecule has 82 valence electrons. The van der Waals surface area contributed by atoms with Crippen LogP contribution in [0.15, 0.2) is 41.2 Å². The summed E-state index contributed by atoms with van der Waals surface area (Å²) in [5.74, 6) is 0. The second-order valence-electron chi connectivity index (χ2n) is 4.12. The predicted octanol–water partition coefficient (Wildman–Crippen LogP) is 1.47. The number of rotatable bonds is 1. The summed E-state index contributed by atoms with van der Waals surface area (Å²) < 4.78 is 0. The van der Waals surface area contributed by atoms with Crippen LogP contribution >= 0.6 is 9.24 Å². The van der Waals surface area contributed by atoms with E-state index >= 15 is 0 Å². The number of pyridine rings is 1. The Hall–Kier alpha value is -1.34. The van der Waals surface area contributed by atoms with Gasteiger partial charge in [-0.05, 0) is 25.5 Å². The average molecular weight is 231 g/mol. The lowest BCUT2D eigenvalue weighted by Gasteiger charge is -2.11. The highest BCUT2D eigenvalue weighted by molar-refractivity contribution is 7.19. The van der Waals surface area contributed by atoms with Crippen molar-refractivity contribution in [3.63, 3.8) is 0 Å². The molecule has 2 rings (SSSR count). The normalized spacial score (nSPS) is 22.7. The van der Waals surface area contributed by atoms with Crippen molar-refractivity contribution < 1.29 is 0 Å². The van der Waals surface area contributed by atoms with Crippen molar-refractivity contribution in [1.29, 1.82) is 0 Å². The molecule has 0 spiro atoms.